The highest BCUT2D eigenvalue weighted by atomic mass is 79.9. The van der Waals surface area contributed by atoms with E-state index < -0.39 is 22.4 Å². The first kappa shape index (κ1) is 16.1. The molecule has 0 spiro atoms. The highest BCUT2D eigenvalue weighted by molar-refractivity contribution is 9.10. The van der Waals surface area contributed by atoms with Crippen LogP contribution in [0.1, 0.15) is 20.8 Å². The average Bonchev–Trinajstić information content (AvgIpc) is 2.20. The van der Waals surface area contributed by atoms with Gasteiger partial charge in [0.25, 0.3) is 0 Å². The number of carbonyl (C=O) groups is 2. The second-order valence-corrected chi connectivity index (χ2v) is 6.09. The molecule has 1 N–H and O–H groups in total. The quantitative estimate of drug-likeness (QED) is 0.453. The second kappa shape index (κ2) is 6.76. The number of ether oxygens (including phenoxy) is 2. The third-order valence-electron chi connectivity index (χ3n) is 1.65. The van der Waals surface area contributed by atoms with Crippen molar-refractivity contribution in [2.75, 3.05) is 13.2 Å². The van der Waals surface area contributed by atoms with Crippen molar-refractivity contribution in [1.82, 2.24) is 0 Å². The van der Waals surface area contributed by atoms with Crippen LogP contribution >= 0.6 is 15.9 Å². The van der Waals surface area contributed by atoms with E-state index in [-0.39, 0.29) is 18.8 Å². The Labute approximate surface area is 109 Å². The van der Waals surface area contributed by atoms with Crippen molar-refractivity contribution < 1.29 is 24.2 Å². The topological polar surface area (TPSA) is 72.8 Å². The lowest BCUT2D eigenvalue weighted by Gasteiger charge is -2.17. The van der Waals surface area contributed by atoms with Gasteiger partial charge in [0.1, 0.15) is 23.6 Å². The van der Waals surface area contributed by atoms with Gasteiger partial charge in [-0.05, 0) is 20.8 Å². The van der Waals surface area contributed by atoms with E-state index >= 15 is 0 Å². The van der Waals surface area contributed by atoms with Crippen molar-refractivity contribution in [3.8, 4) is 0 Å². The van der Waals surface area contributed by atoms with Gasteiger partial charge in [0.05, 0.1) is 0 Å². The lowest BCUT2D eigenvalue weighted by molar-refractivity contribution is -0.151. The summed E-state index contributed by atoms with van der Waals surface area (Å²) in [5.41, 5.74) is 0.246. The summed E-state index contributed by atoms with van der Waals surface area (Å²) in [6, 6.07) is 0. The van der Waals surface area contributed by atoms with E-state index in [0.717, 1.165) is 0 Å². The van der Waals surface area contributed by atoms with Crippen LogP contribution in [0.3, 0.4) is 0 Å². The molecule has 17 heavy (non-hydrogen) atoms. The van der Waals surface area contributed by atoms with E-state index in [1.54, 1.807) is 13.8 Å². The Bertz CT molecular complexity index is 305. The molecule has 0 aliphatic heterocycles. The lowest BCUT2D eigenvalue weighted by Crippen LogP contribution is -2.31. The minimum Gasteiger partial charge on any atom is -0.462 e. The van der Waals surface area contributed by atoms with Crippen molar-refractivity contribution in [2.45, 2.75) is 31.2 Å². The fourth-order valence-corrected chi connectivity index (χ4v) is 0.801. The first-order valence-electron chi connectivity index (χ1n) is 5.01. The predicted molar refractivity (Wildman–Crippen MR) is 65.7 cm³/mol. The number of esters is 2. The number of halogens is 1. The molecule has 0 saturated carbocycles. The molecule has 0 aliphatic rings. The molecule has 6 heteroatoms. The summed E-state index contributed by atoms with van der Waals surface area (Å²) in [5.74, 6) is -1.08. The van der Waals surface area contributed by atoms with Crippen LogP contribution in [-0.4, -0.2) is 40.7 Å². The standard InChI is InChI=1S/C11H17BrO5/c1-7(2)9(14)16-5-8(13)6-17-10(15)11(3,4)12/h8,13H,1,5-6H2,2-4H3. The zero-order valence-electron chi connectivity index (χ0n) is 10.2. The molecule has 0 saturated heterocycles. The van der Waals surface area contributed by atoms with Gasteiger partial charge in [-0.15, -0.1) is 0 Å². The molecule has 0 fully saturated rings. The summed E-state index contributed by atoms with van der Waals surface area (Å²) in [5, 5.41) is 9.40. The van der Waals surface area contributed by atoms with Gasteiger partial charge in [0, 0.05) is 5.57 Å². The fourth-order valence-electron chi connectivity index (χ4n) is 0.687. The van der Waals surface area contributed by atoms with Crippen molar-refractivity contribution in [3.05, 3.63) is 12.2 Å². The Morgan fingerprint density at radius 1 is 1.35 bits per heavy atom. The third-order valence-corrected chi connectivity index (χ3v) is 1.97. The molecule has 1 unspecified atom stereocenters. The first-order valence-corrected chi connectivity index (χ1v) is 5.80. The number of alkyl halides is 1. The minimum atomic E-state index is -1.04. The van der Waals surface area contributed by atoms with Crippen molar-refractivity contribution in [3.63, 3.8) is 0 Å². The molecule has 1 atom stereocenters. The first-order chi connectivity index (χ1) is 7.64. The SMILES string of the molecule is C=C(C)C(=O)OCC(O)COC(=O)C(C)(C)Br. The van der Waals surface area contributed by atoms with Crippen LogP contribution < -0.4 is 0 Å². The van der Waals surface area contributed by atoms with E-state index in [4.69, 9.17) is 9.47 Å². The molecular formula is C11H17BrO5. The number of hydrogen-bond donors (Lipinski definition) is 1. The maximum Gasteiger partial charge on any atom is 0.333 e. The van der Waals surface area contributed by atoms with Gasteiger partial charge >= 0.3 is 11.9 Å². The van der Waals surface area contributed by atoms with Crippen LogP contribution in [0.25, 0.3) is 0 Å². The van der Waals surface area contributed by atoms with Gasteiger partial charge in [-0.1, -0.05) is 22.5 Å². The Kier molecular flexibility index (Phi) is 6.41. The third kappa shape index (κ3) is 7.12. The van der Waals surface area contributed by atoms with Crippen LogP contribution in [0.2, 0.25) is 0 Å². The molecule has 0 aromatic rings. The highest BCUT2D eigenvalue weighted by Gasteiger charge is 2.26. The molecule has 0 radical (unpaired) electrons. The number of hydrogen-bond acceptors (Lipinski definition) is 5. The molecule has 0 aromatic carbocycles. The lowest BCUT2D eigenvalue weighted by atomic mass is 10.2. The average molecular weight is 309 g/mol. The van der Waals surface area contributed by atoms with E-state index in [0.29, 0.717) is 0 Å². The maximum absolute atomic E-state index is 11.3. The molecule has 0 rings (SSSR count). The predicted octanol–water partition coefficient (Wildman–Crippen LogP) is 1.18. The molecule has 5 nitrogen and oxygen atoms in total. The monoisotopic (exact) mass is 308 g/mol. The summed E-state index contributed by atoms with van der Waals surface area (Å²) >= 11 is 3.12. The summed E-state index contributed by atoms with van der Waals surface area (Å²) < 4.78 is 8.70. The van der Waals surface area contributed by atoms with E-state index in [2.05, 4.69) is 22.5 Å². The van der Waals surface area contributed by atoms with Gasteiger partial charge in [0.2, 0.25) is 0 Å². The fraction of sp³-hybridized carbons (Fsp3) is 0.636. The molecule has 98 valence electrons. The van der Waals surface area contributed by atoms with Crippen molar-refractivity contribution in [1.29, 1.82) is 0 Å². The number of aliphatic hydroxyl groups excluding tert-OH is 1. The van der Waals surface area contributed by atoms with Gasteiger partial charge < -0.3 is 14.6 Å². The van der Waals surface area contributed by atoms with Crippen LogP contribution in [0, 0.1) is 0 Å². The van der Waals surface area contributed by atoms with Gasteiger partial charge in [-0.2, -0.15) is 0 Å². The van der Waals surface area contributed by atoms with Crippen molar-refractivity contribution in [2.24, 2.45) is 0 Å². The van der Waals surface area contributed by atoms with Gasteiger partial charge in [-0.3, -0.25) is 4.79 Å². The van der Waals surface area contributed by atoms with Gasteiger partial charge in [-0.25, -0.2) is 4.79 Å². The van der Waals surface area contributed by atoms with E-state index in [9.17, 15) is 14.7 Å². The Morgan fingerprint density at radius 2 is 1.82 bits per heavy atom. The van der Waals surface area contributed by atoms with E-state index in [1.807, 2.05) is 0 Å². The number of aliphatic hydroxyl groups is 1. The summed E-state index contributed by atoms with van der Waals surface area (Å²) in [6.07, 6.45) is -1.04. The van der Waals surface area contributed by atoms with Crippen molar-refractivity contribution >= 4 is 27.9 Å². The highest BCUT2D eigenvalue weighted by Crippen LogP contribution is 2.17. The maximum atomic E-state index is 11.3. The Balaban J connectivity index is 3.89. The smallest absolute Gasteiger partial charge is 0.333 e. The summed E-state index contributed by atoms with van der Waals surface area (Å²) in [6.45, 7) is 7.69. The molecule has 0 aromatic heterocycles. The normalized spacial score (nSPS) is 12.8. The van der Waals surface area contributed by atoms with Crippen LogP contribution in [-0.2, 0) is 19.1 Å². The van der Waals surface area contributed by atoms with Gasteiger partial charge in [0.15, 0.2) is 0 Å². The molecule has 0 bridgehead atoms. The minimum absolute atomic E-state index is 0.225. The zero-order chi connectivity index (χ0) is 13.6. The Hall–Kier alpha value is -0.880. The second-order valence-electron chi connectivity index (χ2n) is 4.10. The molecule has 0 heterocycles. The summed E-state index contributed by atoms with van der Waals surface area (Å²) in [7, 11) is 0. The number of carbonyl (C=O) groups excluding carboxylic acids is 2. The summed E-state index contributed by atoms with van der Waals surface area (Å²) in [4.78, 5) is 22.3. The Morgan fingerprint density at radius 3 is 2.24 bits per heavy atom. The van der Waals surface area contributed by atoms with Crippen LogP contribution in [0.5, 0.6) is 0 Å². The number of rotatable bonds is 6. The molecular weight excluding hydrogens is 292 g/mol. The molecule has 0 aliphatic carbocycles. The van der Waals surface area contributed by atoms with Crippen LogP contribution in [0.4, 0.5) is 0 Å². The molecule has 0 amide bonds. The van der Waals surface area contributed by atoms with E-state index in [1.165, 1.54) is 6.92 Å². The van der Waals surface area contributed by atoms with Crippen LogP contribution in [0.15, 0.2) is 12.2 Å². The zero-order valence-corrected chi connectivity index (χ0v) is 11.7. The largest absolute Gasteiger partial charge is 0.462 e.